The van der Waals surface area contributed by atoms with Gasteiger partial charge in [-0.25, -0.2) is 4.39 Å². The third kappa shape index (κ3) is 6.30. The summed E-state index contributed by atoms with van der Waals surface area (Å²) in [5.74, 6) is -0.998. The Bertz CT molecular complexity index is 1110. The molecule has 2 N–H and O–H groups in total. The molecule has 0 saturated carbocycles. The molecule has 4 fully saturated rings. The van der Waals surface area contributed by atoms with Crippen molar-refractivity contribution in [3.8, 4) is 0 Å². The highest BCUT2D eigenvalue weighted by Gasteiger charge is 2.42. The Morgan fingerprint density at radius 3 is 2.52 bits per heavy atom. The Morgan fingerprint density at radius 2 is 1.77 bits per heavy atom. The molecule has 11 heteroatoms. The van der Waals surface area contributed by atoms with E-state index >= 15 is 0 Å². The third-order valence-corrected chi connectivity index (χ3v) is 8.92. The maximum Gasteiger partial charge on any atom is 0.254 e. The normalized spacial score (nSPS) is 30.6. The molecule has 4 amide bonds. The summed E-state index contributed by atoms with van der Waals surface area (Å²) in [6, 6.07) is 4.40. The van der Waals surface area contributed by atoms with E-state index in [1.165, 1.54) is 29.2 Å². The van der Waals surface area contributed by atoms with Crippen LogP contribution in [-0.2, 0) is 19.1 Å². The van der Waals surface area contributed by atoms with E-state index in [-0.39, 0.29) is 67.1 Å². The minimum Gasteiger partial charge on any atom is -0.365 e. The molecule has 0 unspecified atom stereocenters. The number of benzene rings is 1. The van der Waals surface area contributed by atoms with Gasteiger partial charge in [0.15, 0.2) is 6.10 Å². The Morgan fingerprint density at radius 1 is 1.00 bits per heavy atom. The van der Waals surface area contributed by atoms with E-state index in [9.17, 15) is 23.6 Å². The lowest BCUT2D eigenvalue weighted by Gasteiger charge is -2.41. The number of morpholine rings is 1. The average Bonchev–Trinajstić information content (AvgIpc) is 3.37. The number of likely N-dealkylation sites (tertiary alicyclic amines) is 2. The van der Waals surface area contributed by atoms with Crippen LogP contribution in [0.2, 0.25) is 0 Å². The predicted octanol–water partition coefficient (Wildman–Crippen LogP) is 1.01. The third-order valence-electron chi connectivity index (χ3n) is 8.92. The minimum atomic E-state index is -0.807. The van der Waals surface area contributed by atoms with Crippen molar-refractivity contribution in [2.75, 3.05) is 45.9 Å². The summed E-state index contributed by atoms with van der Waals surface area (Å²) in [5.41, 5.74) is 0.278. The van der Waals surface area contributed by atoms with Crippen molar-refractivity contribution in [1.82, 2.24) is 25.3 Å². The van der Waals surface area contributed by atoms with Gasteiger partial charge in [0.2, 0.25) is 11.8 Å². The number of amides is 4. The van der Waals surface area contributed by atoms with Crippen molar-refractivity contribution in [2.45, 2.75) is 63.8 Å². The van der Waals surface area contributed by atoms with Crippen LogP contribution in [0.15, 0.2) is 24.3 Å². The van der Waals surface area contributed by atoms with Gasteiger partial charge in [-0.2, -0.15) is 0 Å². The molecule has 218 valence electrons. The van der Waals surface area contributed by atoms with Gasteiger partial charge in [0, 0.05) is 50.2 Å². The zero-order valence-electron chi connectivity index (χ0n) is 23.3. The number of piperidine rings is 1. The molecule has 5 atom stereocenters. The number of hydrogen-bond acceptors (Lipinski definition) is 6. The number of ether oxygens (including phenoxy) is 1. The first-order valence-corrected chi connectivity index (χ1v) is 14.5. The van der Waals surface area contributed by atoms with Crippen LogP contribution in [0.1, 0.15) is 49.9 Å². The van der Waals surface area contributed by atoms with Crippen molar-refractivity contribution < 1.29 is 28.3 Å². The summed E-state index contributed by atoms with van der Waals surface area (Å²) < 4.78 is 19.2. The maximum absolute atomic E-state index is 13.5. The van der Waals surface area contributed by atoms with Crippen LogP contribution >= 0.6 is 0 Å². The SMILES string of the molecule is CC(C)N1CC[C@H]2CC(=O)N3CCO[C@H](C3)C(=O)N[C@@H]3C[C@H](C(=O)NCC[C@H]2C1)N(C(=O)c1ccc(F)cc1)C3. The predicted molar refractivity (Wildman–Crippen MR) is 145 cm³/mol. The van der Waals surface area contributed by atoms with Crippen LogP contribution in [0, 0.1) is 17.7 Å². The molecule has 4 saturated heterocycles. The maximum atomic E-state index is 13.5. The second kappa shape index (κ2) is 12.2. The first kappa shape index (κ1) is 28.5. The Balaban J connectivity index is 1.38. The molecule has 4 heterocycles. The molecular weight excluding hydrogens is 517 g/mol. The highest BCUT2D eigenvalue weighted by Crippen LogP contribution is 2.31. The summed E-state index contributed by atoms with van der Waals surface area (Å²) in [5, 5.41) is 5.98. The Labute approximate surface area is 234 Å². The number of fused-ring (bicyclic) bond motifs is 5. The van der Waals surface area contributed by atoms with E-state index in [1.807, 2.05) is 0 Å². The van der Waals surface area contributed by atoms with E-state index in [0.717, 1.165) is 25.9 Å². The Hall–Kier alpha value is -3.05. The lowest BCUT2D eigenvalue weighted by atomic mass is 9.80. The summed E-state index contributed by atoms with van der Waals surface area (Å²) in [6.45, 7) is 7.64. The van der Waals surface area contributed by atoms with Crippen molar-refractivity contribution >= 4 is 23.6 Å². The monoisotopic (exact) mass is 557 g/mol. The number of hydrogen-bond donors (Lipinski definition) is 2. The van der Waals surface area contributed by atoms with Crippen LogP contribution in [0.4, 0.5) is 4.39 Å². The molecule has 4 bridgehead atoms. The molecule has 10 nitrogen and oxygen atoms in total. The zero-order chi connectivity index (χ0) is 28.4. The van der Waals surface area contributed by atoms with E-state index in [0.29, 0.717) is 25.6 Å². The molecule has 0 radical (unpaired) electrons. The van der Waals surface area contributed by atoms with E-state index in [1.54, 1.807) is 4.90 Å². The fourth-order valence-corrected chi connectivity index (χ4v) is 6.53. The number of nitrogens with zero attached hydrogens (tertiary/aromatic N) is 3. The van der Waals surface area contributed by atoms with Gasteiger partial charge in [0.25, 0.3) is 11.8 Å². The van der Waals surface area contributed by atoms with Crippen LogP contribution in [0.3, 0.4) is 0 Å². The smallest absolute Gasteiger partial charge is 0.254 e. The van der Waals surface area contributed by atoms with Gasteiger partial charge in [-0.1, -0.05) is 0 Å². The molecule has 4 aliphatic heterocycles. The van der Waals surface area contributed by atoms with E-state index in [4.69, 9.17) is 4.74 Å². The van der Waals surface area contributed by atoms with Gasteiger partial charge >= 0.3 is 0 Å². The fraction of sp³-hybridized carbons (Fsp3) is 0.655. The minimum absolute atomic E-state index is 0.0437. The summed E-state index contributed by atoms with van der Waals surface area (Å²) >= 11 is 0. The molecule has 1 aromatic carbocycles. The molecule has 0 aromatic heterocycles. The van der Waals surface area contributed by atoms with Gasteiger partial charge in [-0.05, 0) is 75.8 Å². The van der Waals surface area contributed by atoms with Gasteiger partial charge in [0.05, 0.1) is 13.2 Å². The molecular formula is C29H40FN5O5. The summed E-state index contributed by atoms with van der Waals surface area (Å²) in [7, 11) is 0. The zero-order valence-corrected chi connectivity index (χ0v) is 23.3. The van der Waals surface area contributed by atoms with Crippen LogP contribution in [-0.4, -0.2) is 108 Å². The van der Waals surface area contributed by atoms with Crippen molar-refractivity contribution in [3.63, 3.8) is 0 Å². The lowest BCUT2D eigenvalue weighted by Crippen LogP contribution is -2.54. The molecule has 0 spiro atoms. The second-order valence-corrected chi connectivity index (χ2v) is 11.8. The van der Waals surface area contributed by atoms with Crippen molar-refractivity contribution in [1.29, 1.82) is 0 Å². The highest BCUT2D eigenvalue weighted by molar-refractivity contribution is 5.98. The van der Waals surface area contributed by atoms with Crippen LogP contribution in [0.25, 0.3) is 0 Å². The fourth-order valence-electron chi connectivity index (χ4n) is 6.53. The summed E-state index contributed by atoms with van der Waals surface area (Å²) in [6.07, 6.45) is 1.51. The number of nitrogens with one attached hydrogen (secondary N) is 2. The molecule has 1 aromatic rings. The van der Waals surface area contributed by atoms with Crippen molar-refractivity contribution in [2.24, 2.45) is 11.8 Å². The number of halogens is 1. The van der Waals surface area contributed by atoms with Gasteiger partial charge in [-0.3, -0.25) is 19.2 Å². The molecule has 4 aliphatic rings. The first-order chi connectivity index (χ1) is 19.2. The highest BCUT2D eigenvalue weighted by atomic mass is 19.1. The van der Waals surface area contributed by atoms with Gasteiger partial charge in [-0.15, -0.1) is 0 Å². The number of carbonyl (C=O) groups excluding carboxylic acids is 4. The average molecular weight is 558 g/mol. The molecule has 5 rings (SSSR count). The van der Waals surface area contributed by atoms with E-state index in [2.05, 4.69) is 29.4 Å². The van der Waals surface area contributed by atoms with Gasteiger partial charge in [0.1, 0.15) is 11.9 Å². The van der Waals surface area contributed by atoms with Crippen LogP contribution < -0.4 is 10.6 Å². The van der Waals surface area contributed by atoms with Crippen molar-refractivity contribution in [3.05, 3.63) is 35.6 Å². The van der Waals surface area contributed by atoms with E-state index < -0.39 is 24.0 Å². The number of carbonyl (C=O) groups is 4. The largest absolute Gasteiger partial charge is 0.365 e. The molecule has 0 aliphatic carbocycles. The van der Waals surface area contributed by atoms with Crippen LogP contribution in [0.5, 0.6) is 0 Å². The number of rotatable bonds is 2. The topological polar surface area (TPSA) is 111 Å². The lowest BCUT2D eigenvalue weighted by molar-refractivity contribution is -0.148. The summed E-state index contributed by atoms with van der Waals surface area (Å²) in [4.78, 5) is 59.0. The van der Waals surface area contributed by atoms with Gasteiger partial charge < -0.3 is 30.1 Å². The molecule has 40 heavy (non-hydrogen) atoms. The first-order valence-electron chi connectivity index (χ1n) is 14.5. The Kier molecular flexibility index (Phi) is 8.70. The second-order valence-electron chi connectivity index (χ2n) is 11.8. The standard InChI is InChI=1S/C29H40FN5O5/c1-18(2)33-10-8-20-13-26(36)34-11-12-40-25(17-34)28(38)32-23-14-24(27(37)31-9-7-21(20)15-33)35(16-23)29(39)19-3-5-22(30)6-4-19/h3-6,18,20-21,23-25H,7-17H2,1-2H3,(H,31,37)(H,32,38)/t20-,21-,23+,24+,25+/m0/s1. The quantitative estimate of drug-likeness (QED) is 0.562.